The molecule has 1 heterocycles. The average Bonchev–Trinajstić information content (AvgIpc) is 2.86. The van der Waals surface area contributed by atoms with Gasteiger partial charge < -0.3 is 9.72 Å². The molecule has 2 rings (SSSR count). The van der Waals surface area contributed by atoms with Crippen LogP contribution in [0.2, 0.25) is 0 Å². The lowest BCUT2D eigenvalue weighted by Gasteiger charge is -2.34. The van der Waals surface area contributed by atoms with Gasteiger partial charge in [-0.2, -0.15) is 23.7 Å². The lowest BCUT2D eigenvalue weighted by atomic mass is 9.69. The zero-order valence-corrected chi connectivity index (χ0v) is 12.7. The number of benzene rings is 1. The predicted octanol–water partition coefficient (Wildman–Crippen LogP) is 3.11. The minimum absolute atomic E-state index is 0.0365. The first-order valence-corrected chi connectivity index (χ1v) is 6.77. The molecule has 8 heteroatoms. The summed E-state index contributed by atoms with van der Waals surface area (Å²) in [6.45, 7) is 1.35. The number of hydrogen-bond acceptors (Lipinski definition) is 4. The van der Waals surface area contributed by atoms with Crippen LogP contribution < -0.4 is 0 Å². The SMILES string of the molecule is COC(=O)C(c1c(C)[nH]c2ccccc12)(C(C#N)C#N)C(F)(F)F. The second-order valence-corrected chi connectivity index (χ2v) is 5.16. The summed E-state index contributed by atoms with van der Waals surface area (Å²) in [5.74, 6) is -4.00. The smallest absolute Gasteiger partial charge is 0.411 e. The Balaban J connectivity index is 3.04. The van der Waals surface area contributed by atoms with Crippen molar-refractivity contribution >= 4 is 16.9 Å². The lowest BCUT2D eigenvalue weighted by molar-refractivity contribution is -0.212. The van der Waals surface area contributed by atoms with E-state index in [0.717, 1.165) is 7.11 Å². The fourth-order valence-electron chi connectivity index (χ4n) is 2.95. The van der Waals surface area contributed by atoms with Crippen molar-refractivity contribution in [3.05, 3.63) is 35.5 Å². The van der Waals surface area contributed by atoms with E-state index < -0.39 is 29.0 Å². The number of aryl methyl sites for hydroxylation is 1. The molecule has 0 fully saturated rings. The molecule has 1 atom stereocenters. The van der Waals surface area contributed by atoms with Crippen LogP contribution in [0.3, 0.4) is 0 Å². The van der Waals surface area contributed by atoms with E-state index in [-0.39, 0.29) is 11.1 Å². The molecule has 0 saturated heterocycles. The van der Waals surface area contributed by atoms with Gasteiger partial charge in [-0.25, -0.2) is 0 Å². The van der Waals surface area contributed by atoms with Gasteiger partial charge in [0.2, 0.25) is 5.41 Å². The molecule has 0 aliphatic heterocycles. The minimum atomic E-state index is -5.22. The summed E-state index contributed by atoms with van der Waals surface area (Å²) in [7, 11) is 0.790. The number of carbonyl (C=O) groups excluding carboxylic acids is 1. The number of aromatic nitrogens is 1. The first-order chi connectivity index (χ1) is 11.2. The number of nitrogens with one attached hydrogen (secondary N) is 1. The van der Waals surface area contributed by atoms with Crippen molar-refractivity contribution in [3.8, 4) is 12.1 Å². The maximum Gasteiger partial charge on any atom is 0.411 e. The van der Waals surface area contributed by atoms with E-state index in [2.05, 4.69) is 9.72 Å². The molecular formula is C16H12F3N3O2. The minimum Gasteiger partial charge on any atom is -0.468 e. The fourth-order valence-corrected chi connectivity index (χ4v) is 2.95. The second-order valence-electron chi connectivity index (χ2n) is 5.16. The Labute approximate surface area is 135 Å². The lowest BCUT2D eigenvalue weighted by Crippen LogP contribution is -2.55. The van der Waals surface area contributed by atoms with Crippen molar-refractivity contribution in [1.82, 2.24) is 4.98 Å². The van der Waals surface area contributed by atoms with Crippen LogP contribution in [-0.4, -0.2) is 24.2 Å². The Bertz CT molecular complexity index is 859. The van der Waals surface area contributed by atoms with Gasteiger partial charge in [-0.1, -0.05) is 18.2 Å². The Kier molecular flexibility index (Phi) is 4.26. The molecule has 0 saturated carbocycles. The summed E-state index contributed by atoms with van der Waals surface area (Å²) >= 11 is 0. The van der Waals surface area contributed by atoms with Crippen LogP contribution in [-0.2, 0) is 14.9 Å². The van der Waals surface area contributed by atoms with E-state index >= 15 is 0 Å². The summed E-state index contributed by atoms with van der Waals surface area (Å²) in [4.78, 5) is 15.0. The van der Waals surface area contributed by atoms with E-state index in [9.17, 15) is 18.0 Å². The molecule has 0 bridgehead atoms. The molecule has 1 unspecified atom stereocenters. The van der Waals surface area contributed by atoms with Gasteiger partial charge in [-0.3, -0.25) is 4.79 Å². The Morgan fingerprint density at radius 1 is 1.25 bits per heavy atom. The van der Waals surface area contributed by atoms with Gasteiger partial charge in [0.15, 0.2) is 5.92 Å². The van der Waals surface area contributed by atoms with Crippen molar-refractivity contribution in [1.29, 1.82) is 10.5 Å². The largest absolute Gasteiger partial charge is 0.468 e. The van der Waals surface area contributed by atoms with Gasteiger partial charge in [-0.15, -0.1) is 0 Å². The number of esters is 1. The molecule has 1 N–H and O–H groups in total. The first kappa shape index (κ1) is 17.4. The quantitative estimate of drug-likeness (QED) is 0.873. The molecule has 1 aromatic carbocycles. The van der Waals surface area contributed by atoms with E-state index in [4.69, 9.17) is 10.5 Å². The van der Waals surface area contributed by atoms with Crippen LogP contribution in [0.4, 0.5) is 13.2 Å². The van der Waals surface area contributed by atoms with Gasteiger partial charge in [0.1, 0.15) is 0 Å². The summed E-state index contributed by atoms with van der Waals surface area (Å²) in [6, 6.07) is 8.65. The molecule has 0 aliphatic carbocycles. The van der Waals surface area contributed by atoms with Gasteiger partial charge in [0.25, 0.3) is 0 Å². The highest BCUT2D eigenvalue weighted by Gasteiger charge is 2.69. The number of nitrogens with zero attached hydrogens (tertiary/aromatic N) is 2. The van der Waals surface area contributed by atoms with E-state index in [1.165, 1.54) is 37.3 Å². The molecule has 0 amide bonds. The predicted molar refractivity (Wildman–Crippen MR) is 77.5 cm³/mol. The number of halogens is 3. The van der Waals surface area contributed by atoms with Gasteiger partial charge in [0.05, 0.1) is 19.2 Å². The third-order valence-corrected chi connectivity index (χ3v) is 3.93. The van der Waals surface area contributed by atoms with Crippen LogP contribution in [0.1, 0.15) is 11.3 Å². The van der Waals surface area contributed by atoms with Gasteiger partial charge in [-0.05, 0) is 13.0 Å². The highest BCUT2D eigenvalue weighted by Crippen LogP contribution is 2.50. The number of para-hydroxylation sites is 1. The highest BCUT2D eigenvalue weighted by molar-refractivity contribution is 5.95. The molecule has 24 heavy (non-hydrogen) atoms. The number of ether oxygens (including phenoxy) is 1. The van der Waals surface area contributed by atoms with E-state index in [1.54, 1.807) is 6.07 Å². The standard InChI is InChI=1S/C16H12F3N3O2/c1-9-13(11-5-3-4-6-12(11)22-9)15(14(23)24-2,16(17,18)19)10(7-20)8-21/h3-6,10,22H,1-2H3. The van der Waals surface area contributed by atoms with Gasteiger partial charge >= 0.3 is 12.1 Å². The molecular weight excluding hydrogens is 323 g/mol. The Morgan fingerprint density at radius 3 is 2.33 bits per heavy atom. The normalized spacial score (nSPS) is 14.0. The molecule has 0 aliphatic rings. The molecule has 0 spiro atoms. The number of rotatable bonds is 3. The number of hydrogen-bond donors (Lipinski definition) is 1. The Hall–Kier alpha value is -3.00. The van der Waals surface area contributed by atoms with Crippen LogP contribution in [0, 0.1) is 35.5 Å². The van der Waals surface area contributed by atoms with E-state index in [1.807, 2.05) is 0 Å². The number of fused-ring (bicyclic) bond motifs is 1. The number of aromatic amines is 1. The van der Waals surface area contributed by atoms with Crippen LogP contribution in [0.25, 0.3) is 10.9 Å². The van der Waals surface area contributed by atoms with Crippen LogP contribution in [0.5, 0.6) is 0 Å². The summed E-state index contributed by atoms with van der Waals surface area (Å²) in [5, 5.41) is 18.4. The zero-order valence-electron chi connectivity index (χ0n) is 12.7. The number of nitriles is 2. The Morgan fingerprint density at radius 2 is 1.83 bits per heavy atom. The summed E-state index contributed by atoms with van der Waals surface area (Å²) in [5.41, 5.74) is -3.48. The van der Waals surface area contributed by atoms with E-state index in [0.29, 0.717) is 5.52 Å². The molecule has 1 aromatic heterocycles. The summed E-state index contributed by atoms with van der Waals surface area (Å²) in [6.07, 6.45) is -5.22. The van der Waals surface area contributed by atoms with Crippen molar-refractivity contribution in [2.45, 2.75) is 18.5 Å². The first-order valence-electron chi connectivity index (χ1n) is 6.77. The monoisotopic (exact) mass is 335 g/mol. The van der Waals surface area contributed by atoms with Crippen molar-refractivity contribution in [2.75, 3.05) is 7.11 Å². The number of carbonyl (C=O) groups is 1. The maximum absolute atomic E-state index is 14.1. The number of alkyl halides is 3. The second kappa shape index (κ2) is 5.89. The number of H-pyrrole nitrogens is 1. The zero-order chi connectivity index (χ0) is 18.1. The molecule has 5 nitrogen and oxygen atoms in total. The highest BCUT2D eigenvalue weighted by atomic mass is 19.4. The molecule has 0 radical (unpaired) electrons. The van der Waals surface area contributed by atoms with Gasteiger partial charge in [0, 0.05) is 22.2 Å². The topological polar surface area (TPSA) is 89.7 Å². The van der Waals surface area contributed by atoms with Crippen LogP contribution in [0.15, 0.2) is 24.3 Å². The van der Waals surface area contributed by atoms with Crippen LogP contribution >= 0.6 is 0 Å². The summed E-state index contributed by atoms with van der Waals surface area (Å²) < 4.78 is 46.7. The molecule has 124 valence electrons. The molecule has 2 aromatic rings. The fraction of sp³-hybridized carbons (Fsp3) is 0.312. The third-order valence-electron chi connectivity index (χ3n) is 3.93. The van der Waals surface area contributed by atoms with Crippen molar-refractivity contribution in [3.63, 3.8) is 0 Å². The number of methoxy groups -OCH3 is 1. The average molecular weight is 335 g/mol. The van der Waals surface area contributed by atoms with Crippen molar-refractivity contribution < 1.29 is 22.7 Å². The van der Waals surface area contributed by atoms with Crippen molar-refractivity contribution in [2.24, 2.45) is 5.92 Å². The maximum atomic E-state index is 14.1. The third kappa shape index (κ3) is 2.19.